The lowest BCUT2D eigenvalue weighted by Gasteiger charge is -2.08. The topological polar surface area (TPSA) is 122 Å². The molecule has 0 spiro atoms. The molecular formula is C21H23N5O3. The molecule has 0 saturated heterocycles. The zero-order chi connectivity index (χ0) is 20.6. The largest absolute Gasteiger partial charge is 0.397 e. The Morgan fingerprint density at radius 3 is 2.52 bits per heavy atom. The minimum absolute atomic E-state index is 0.0340. The molecule has 5 N–H and O–H groups in total. The summed E-state index contributed by atoms with van der Waals surface area (Å²) in [6.45, 7) is 0.919. The average molecular weight is 393 g/mol. The second-order valence-electron chi connectivity index (χ2n) is 6.50. The van der Waals surface area contributed by atoms with E-state index >= 15 is 0 Å². The fourth-order valence-electron chi connectivity index (χ4n) is 2.70. The number of nitrogen functional groups attached to an aromatic ring is 1. The predicted octanol–water partition coefficient (Wildman–Crippen LogP) is 1.88. The van der Waals surface area contributed by atoms with Crippen molar-refractivity contribution in [2.24, 2.45) is 0 Å². The van der Waals surface area contributed by atoms with Gasteiger partial charge in [-0.3, -0.25) is 14.3 Å². The molecule has 29 heavy (non-hydrogen) atoms. The van der Waals surface area contributed by atoms with Crippen molar-refractivity contribution in [3.63, 3.8) is 0 Å². The normalized spacial score (nSPS) is 10.5. The average Bonchev–Trinajstić information content (AvgIpc) is 3.19. The Morgan fingerprint density at radius 2 is 1.79 bits per heavy atom. The highest BCUT2D eigenvalue weighted by Gasteiger charge is 2.10. The summed E-state index contributed by atoms with van der Waals surface area (Å²) in [6.07, 6.45) is 3.67. The lowest BCUT2D eigenvalue weighted by molar-refractivity contribution is 0.0950. The number of hydrogen-bond acceptors (Lipinski definition) is 5. The van der Waals surface area contributed by atoms with E-state index in [4.69, 9.17) is 10.8 Å². The van der Waals surface area contributed by atoms with Crippen molar-refractivity contribution in [2.75, 3.05) is 24.2 Å². The quantitative estimate of drug-likeness (QED) is 0.344. The monoisotopic (exact) mass is 393 g/mol. The second-order valence-corrected chi connectivity index (χ2v) is 6.50. The van der Waals surface area contributed by atoms with Gasteiger partial charge in [0.25, 0.3) is 11.8 Å². The number of hydrogen-bond donors (Lipinski definition) is 4. The third-order valence-electron chi connectivity index (χ3n) is 4.29. The van der Waals surface area contributed by atoms with Gasteiger partial charge in [0.05, 0.1) is 29.7 Å². The molecule has 0 aliphatic carbocycles. The maximum absolute atomic E-state index is 12.4. The summed E-state index contributed by atoms with van der Waals surface area (Å²) in [5, 5.41) is 18.5. The van der Waals surface area contributed by atoms with E-state index in [-0.39, 0.29) is 18.4 Å². The first-order chi connectivity index (χ1) is 14.1. The Bertz CT molecular complexity index is 982. The predicted molar refractivity (Wildman–Crippen MR) is 111 cm³/mol. The molecule has 0 fully saturated rings. The smallest absolute Gasteiger partial charge is 0.255 e. The molecule has 1 aromatic heterocycles. The van der Waals surface area contributed by atoms with Crippen LogP contribution in [0.15, 0.2) is 60.9 Å². The Balaban J connectivity index is 1.59. The molecule has 0 unspecified atom stereocenters. The van der Waals surface area contributed by atoms with Gasteiger partial charge in [-0.2, -0.15) is 5.10 Å². The van der Waals surface area contributed by atoms with Gasteiger partial charge >= 0.3 is 0 Å². The first kappa shape index (κ1) is 20.1. The number of nitrogens with two attached hydrogens (primary N) is 1. The van der Waals surface area contributed by atoms with E-state index in [0.29, 0.717) is 42.0 Å². The highest BCUT2D eigenvalue weighted by Crippen LogP contribution is 2.18. The minimum Gasteiger partial charge on any atom is -0.397 e. The van der Waals surface area contributed by atoms with E-state index in [2.05, 4.69) is 15.7 Å². The Morgan fingerprint density at radius 1 is 1.03 bits per heavy atom. The molecule has 2 amide bonds. The summed E-state index contributed by atoms with van der Waals surface area (Å²) in [7, 11) is 0. The van der Waals surface area contributed by atoms with Crippen LogP contribution in [0.5, 0.6) is 0 Å². The number of carbonyl (C=O) groups is 2. The van der Waals surface area contributed by atoms with Crippen molar-refractivity contribution < 1.29 is 14.7 Å². The van der Waals surface area contributed by atoms with Gasteiger partial charge in [0.15, 0.2) is 0 Å². The highest BCUT2D eigenvalue weighted by molar-refractivity contribution is 6.05. The number of aliphatic hydroxyl groups excluding tert-OH is 1. The highest BCUT2D eigenvalue weighted by atomic mass is 16.3. The lowest BCUT2D eigenvalue weighted by Crippen LogP contribution is -2.24. The summed E-state index contributed by atoms with van der Waals surface area (Å²) < 4.78 is 1.65. The fraction of sp³-hybridized carbons (Fsp3) is 0.190. The Hall–Kier alpha value is -3.65. The van der Waals surface area contributed by atoms with Crippen LogP contribution in [0.3, 0.4) is 0 Å². The molecule has 3 aromatic rings. The van der Waals surface area contributed by atoms with Crippen LogP contribution in [0.1, 0.15) is 32.7 Å². The first-order valence-electron chi connectivity index (χ1n) is 9.23. The Labute approximate surface area is 168 Å². The van der Waals surface area contributed by atoms with Crippen molar-refractivity contribution >= 4 is 23.2 Å². The van der Waals surface area contributed by atoms with Crippen LogP contribution in [-0.4, -0.2) is 39.9 Å². The molecule has 2 aromatic carbocycles. The van der Waals surface area contributed by atoms with E-state index in [1.165, 1.54) is 6.20 Å². The van der Waals surface area contributed by atoms with Crippen LogP contribution in [0.2, 0.25) is 0 Å². The molecule has 8 heteroatoms. The van der Waals surface area contributed by atoms with Crippen LogP contribution < -0.4 is 16.4 Å². The summed E-state index contributed by atoms with van der Waals surface area (Å²) in [5.74, 6) is -0.465. The van der Waals surface area contributed by atoms with Gasteiger partial charge in [-0.05, 0) is 36.2 Å². The minimum atomic E-state index is -0.240. The lowest BCUT2D eigenvalue weighted by atomic mass is 10.1. The summed E-state index contributed by atoms with van der Waals surface area (Å²) in [4.78, 5) is 24.4. The number of rotatable bonds is 8. The molecule has 0 atom stereocenters. The van der Waals surface area contributed by atoms with Crippen LogP contribution >= 0.6 is 0 Å². The molecule has 3 rings (SSSR count). The van der Waals surface area contributed by atoms with E-state index in [0.717, 1.165) is 5.56 Å². The van der Waals surface area contributed by atoms with Crippen LogP contribution in [-0.2, 0) is 6.54 Å². The van der Waals surface area contributed by atoms with Crippen molar-refractivity contribution in [3.05, 3.63) is 77.6 Å². The van der Waals surface area contributed by atoms with Crippen LogP contribution in [0, 0.1) is 0 Å². The Kier molecular flexibility index (Phi) is 6.59. The zero-order valence-electron chi connectivity index (χ0n) is 15.8. The number of aliphatic hydroxyl groups is 1. The molecule has 8 nitrogen and oxygen atoms in total. The first-order valence-corrected chi connectivity index (χ1v) is 9.23. The van der Waals surface area contributed by atoms with Gasteiger partial charge < -0.3 is 21.5 Å². The van der Waals surface area contributed by atoms with Gasteiger partial charge in [0, 0.05) is 24.9 Å². The van der Waals surface area contributed by atoms with Gasteiger partial charge in [-0.25, -0.2) is 0 Å². The number of aromatic nitrogens is 2. The van der Waals surface area contributed by atoms with E-state index in [1.54, 1.807) is 47.3 Å². The summed E-state index contributed by atoms with van der Waals surface area (Å²) in [6, 6.07) is 14.2. The summed E-state index contributed by atoms with van der Waals surface area (Å²) >= 11 is 0. The molecule has 1 heterocycles. The van der Waals surface area contributed by atoms with Crippen molar-refractivity contribution in [1.82, 2.24) is 15.1 Å². The number of para-hydroxylation sites is 2. The van der Waals surface area contributed by atoms with Crippen molar-refractivity contribution in [2.45, 2.75) is 13.0 Å². The van der Waals surface area contributed by atoms with Crippen LogP contribution in [0.25, 0.3) is 0 Å². The molecule has 0 radical (unpaired) electrons. The molecule has 0 bridgehead atoms. The number of carbonyl (C=O) groups excluding carboxylic acids is 2. The van der Waals surface area contributed by atoms with E-state index < -0.39 is 0 Å². The standard InChI is InChI=1S/C21H23N5O3/c22-18-4-1-2-5-19(18)25-21(29)16-8-6-15(7-9-16)13-26-14-17(12-24-26)20(28)23-10-3-11-27/h1-2,4-9,12,14,27H,3,10-11,13,22H2,(H,23,28)(H,25,29). The maximum atomic E-state index is 12.4. The molecule has 0 aliphatic rings. The van der Waals surface area contributed by atoms with Crippen molar-refractivity contribution in [3.8, 4) is 0 Å². The fourth-order valence-corrected chi connectivity index (χ4v) is 2.70. The number of benzene rings is 2. The number of anilines is 2. The van der Waals surface area contributed by atoms with Gasteiger partial charge in [-0.1, -0.05) is 24.3 Å². The van der Waals surface area contributed by atoms with Crippen LogP contribution in [0.4, 0.5) is 11.4 Å². The zero-order valence-corrected chi connectivity index (χ0v) is 15.8. The number of nitrogens with one attached hydrogen (secondary N) is 2. The van der Waals surface area contributed by atoms with Gasteiger partial charge in [-0.15, -0.1) is 0 Å². The molecule has 0 saturated carbocycles. The molecular weight excluding hydrogens is 370 g/mol. The summed E-state index contributed by atoms with van der Waals surface area (Å²) in [5.41, 5.74) is 8.84. The van der Waals surface area contributed by atoms with E-state index in [9.17, 15) is 9.59 Å². The van der Waals surface area contributed by atoms with Gasteiger partial charge in [0.1, 0.15) is 0 Å². The SMILES string of the molecule is Nc1ccccc1NC(=O)c1ccc(Cn2cc(C(=O)NCCCO)cn2)cc1. The number of nitrogens with zero attached hydrogens (tertiary/aromatic N) is 2. The second kappa shape index (κ2) is 9.52. The van der Waals surface area contributed by atoms with Gasteiger partial charge in [0.2, 0.25) is 0 Å². The number of amides is 2. The van der Waals surface area contributed by atoms with Crippen molar-refractivity contribution in [1.29, 1.82) is 0 Å². The molecule has 150 valence electrons. The molecule has 0 aliphatic heterocycles. The maximum Gasteiger partial charge on any atom is 0.255 e. The third kappa shape index (κ3) is 5.43. The van der Waals surface area contributed by atoms with E-state index in [1.807, 2.05) is 12.1 Å². The third-order valence-corrected chi connectivity index (χ3v) is 4.29.